The van der Waals surface area contributed by atoms with Crippen LogP contribution >= 0.6 is 0 Å². The quantitative estimate of drug-likeness (QED) is 0.674. The molecule has 122 valence electrons. The Morgan fingerprint density at radius 3 is 2.17 bits per heavy atom. The smallest absolute Gasteiger partial charge is 0.335 e. The topological polar surface area (TPSA) is 135 Å². The third-order valence-electron chi connectivity index (χ3n) is 3.17. The fraction of sp³-hybridized carbons (Fsp3) is 0. The highest BCUT2D eigenvalue weighted by Gasteiger charge is 2.11. The van der Waals surface area contributed by atoms with Crippen LogP contribution in [0.2, 0.25) is 0 Å². The van der Waals surface area contributed by atoms with Gasteiger partial charge in [0.05, 0.1) is 16.1 Å². The van der Waals surface area contributed by atoms with Gasteiger partial charge in [-0.05, 0) is 41.6 Å². The number of aromatic nitrogens is 4. The van der Waals surface area contributed by atoms with Gasteiger partial charge in [0.1, 0.15) is 0 Å². The van der Waals surface area contributed by atoms with E-state index in [1.54, 1.807) is 12.1 Å². The Labute approximate surface area is 135 Å². The number of tetrazole rings is 1. The van der Waals surface area contributed by atoms with Gasteiger partial charge in [-0.2, -0.15) is 8.42 Å². The van der Waals surface area contributed by atoms with Crippen molar-refractivity contribution in [3.05, 3.63) is 54.1 Å². The molecule has 0 saturated heterocycles. The number of carboxylic acids is 1. The molecule has 0 bridgehead atoms. The van der Waals surface area contributed by atoms with Crippen molar-refractivity contribution < 1.29 is 22.9 Å². The van der Waals surface area contributed by atoms with Crippen LogP contribution in [0.1, 0.15) is 10.4 Å². The van der Waals surface area contributed by atoms with Crippen LogP contribution in [0, 0.1) is 0 Å². The first-order chi connectivity index (χ1) is 11.3. The highest BCUT2D eigenvalue weighted by Crippen LogP contribution is 2.17. The van der Waals surface area contributed by atoms with Gasteiger partial charge < -0.3 is 5.11 Å². The van der Waals surface area contributed by atoms with E-state index in [0.29, 0.717) is 11.3 Å². The predicted molar refractivity (Wildman–Crippen MR) is 81.4 cm³/mol. The van der Waals surface area contributed by atoms with Crippen molar-refractivity contribution in [1.29, 1.82) is 0 Å². The largest absolute Gasteiger partial charge is 0.478 e. The third kappa shape index (κ3) is 3.14. The van der Waals surface area contributed by atoms with E-state index in [1.165, 1.54) is 41.2 Å². The summed E-state index contributed by atoms with van der Waals surface area (Å²) in [6, 6.07) is 11.3. The van der Waals surface area contributed by atoms with Crippen LogP contribution in [0.15, 0.2) is 53.4 Å². The van der Waals surface area contributed by atoms with E-state index in [-0.39, 0.29) is 16.3 Å². The summed E-state index contributed by atoms with van der Waals surface area (Å²) in [4.78, 5) is 11.8. The Bertz CT molecular complexity index is 994. The molecule has 3 aromatic rings. The van der Waals surface area contributed by atoms with Crippen molar-refractivity contribution in [3.63, 3.8) is 0 Å². The average Bonchev–Trinajstić information content (AvgIpc) is 3.04. The molecule has 2 aromatic carbocycles. The Balaban J connectivity index is 1.89. The maximum atomic E-state index is 11.0. The van der Waals surface area contributed by atoms with Crippen LogP contribution < -0.4 is 0 Å². The van der Waals surface area contributed by atoms with Gasteiger partial charge >= 0.3 is 5.97 Å². The molecule has 0 aliphatic heterocycles. The minimum absolute atomic E-state index is 0.145. The van der Waals surface area contributed by atoms with E-state index < -0.39 is 16.1 Å². The van der Waals surface area contributed by atoms with E-state index in [9.17, 15) is 13.2 Å². The number of carbonyl (C=O) groups is 1. The van der Waals surface area contributed by atoms with Crippen molar-refractivity contribution in [2.75, 3.05) is 0 Å². The fourth-order valence-electron chi connectivity index (χ4n) is 1.95. The molecular weight excluding hydrogens is 336 g/mol. The van der Waals surface area contributed by atoms with E-state index in [0.717, 1.165) is 0 Å². The first-order valence-electron chi connectivity index (χ1n) is 6.56. The summed E-state index contributed by atoms with van der Waals surface area (Å²) >= 11 is 0. The van der Waals surface area contributed by atoms with Crippen LogP contribution in [-0.2, 0) is 10.1 Å². The lowest BCUT2D eigenvalue weighted by molar-refractivity contribution is 0.0697. The van der Waals surface area contributed by atoms with E-state index >= 15 is 0 Å². The Kier molecular flexibility index (Phi) is 3.83. The summed E-state index contributed by atoms with van der Waals surface area (Å²) in [5.41, 5.74) is 1.18. The molecule has 2 N–H and O–H groups in total. The van der Waals surface area contributed by atoms with Gasteiger partial charge in [0.2, 0.25) is 5.82 Å². The van der Waals surface area contributed by atoms with Crippen molar-refractivity contribution in [2.45, 2.75) is 4.90 Å². The summed E-state index contributed by atoms with van der Waals surface area (Å²) in [6.07, 6.45) is 0. The minimum atomic E-state index is -4.26. The SMILES string of the molecule is O=C(O)c1ccc(-c2nnn(-c3ccc(S(=O)(=O)O)cc3)n2)cc1. The highest BCUT2D eigenvalue weighted by molar-refractivity contribution is 7.85. The maximum absolute atomic E-state index is 11.0. The van der Waals surface area contributed by atoms with Gasteiger partial charge in [-0.3, -0.25) is 4.55 Å². The molecule has 0 spiro atoms. The summed E-state index contributed by atoms with van der Waals surface area (Å²) in [5.74, 6) is -0.747. The second kappa shape index (κ2) is 5.83. The van der Waals surface area contributed by atoms with Gasteiger partial charge in [-0.25, -0.2) is 4.79 Å². The molecule has 24 heavy (non-hydrogen) atoms. The van der Waals surface area contributed by atoms with Crippen LogP contribution in [0.25, 0.3) is 17.1 Å². The zero-order chi connectivity index (χ0) is 17.3. The van der Waals surface area contributed by atoms with Crippen molar-refractivity contribution in [1.82, 2.24) is 20.2 Å². The van der Waals surface area contributed by atoms with Crippen LogP contribution in [0.4, 0.5) is 0 Å². The molecule has 0 fully saturated rings. The van der Waals surface area contributed by atoms with Crippen molar-refractivity contribution in [3.8, 4) is 17.1 Å². The third-order valence-corrected chi connectivity index (χ3v) is 4.04. The molecular formula is C14H10N4O5S. The molecule has 1 aromatic heterocycles. The summed E-state index contributed by atoms with van der Waals surface area (Å²) in [5, 5.41) is 20.8. The monoisotopic (exact) mass is 346 g/mol. The molecule has 0 unspecified atom stereocenters. The molecule has 0 aliphatic carbocycles. The van der Waals surface area contributed by atoms with Crippen LogP contribution in [-0.4, -0.2) is 44.3 Å². The zero-order valence-electron chi connectivity index (χ0n) is 11.9. The standard InChI is InChI=1S/C14H10N4O5S/c19-14(20)10-3-1-9(2-4-10)13-15-17-18(16-13)11-5-7-12(8-6-11)24(21,22)23/h1-8H,(H,19,20)(H,21,22,23). The number of aromatic carboxylic acids is 1. The second-order valence-electron chi connectivity index (χ2n) is 4.75. The summed E-state index contributed by atoms with van der Waals surface area (Å²) < 4.78 is 31.0. The normalized spacial score (nSPS) is 11.4. The van der Waals surface area contributed by atoms with Gasteiger partial charge in [-0.15, -0.1) is 15.0 Å². The fourth-order valence-corrected chi connectivity index (χ4v) is 2.43. The molecule has 0 amide bonds. The summed E-state index contributed by atoms with van der Waals surface area (Å²) in [6.45, 7) is 0. The summed E-state index contributed by atoms with van der Waals surface area (Å²) in [7, 11) is -4.26. The predicted octanol–water partition coefficient (Wildman–Crippen LogP) is 1.27. The van der Waals surface area contributed by atoms with Gasteiger partial charge in [0.15, 0.2) is 0 Å². The lowest BCUT2D eigenvalue weighted by Gasteiger charge is -2.00. The van der Waals surface area contributed by atoms with Crippen molar-refractivity contribution in [2.24, 2.45) is 0 Å². The number of benzene rings is 2. The lowest BCUT2D eigenvalue weighted by atomic mass is 10.1. The molecule has 0 aliphatic rings. The average molecular weight is 346 g/mol. The van der Waals surface area contributed by atoms with Gasteiger partial charge in [0.25, 0.3) is 10.1 Å². The molecule has 1 heterocycles. The van der Waals surface area contributed by atoms with Gasteiger partial charge in [0, 0.05) is 5.56 Å². The molecule has 10 heteroatoms. The molecule has 0 saturated carbocycles. The molecule has 3 rings (SSSR count). The van der Waals surface area contributed by atoms with E-state index in [2.05, 4.69) is 15.4 Å². The molecule has 0 atom stereocenters. The first-order valence-corrected chi connectivity index (χ1v) is 8.00. The number of hydrogen-bond acceptors (Lipinski definition) is 6. The van der Waals surface area contributed by atoms with Crippen molar-refractivity contribution >= 4 is 16.1 Å². The molecule has 0 radical (unpaired) electrons. The number of rotatable bonds is 4. The molecule has 9 nitrogen and oxygen atoms in total. The number of nitrogens with zero attached hydrogens (tertiary/aromatic N) is 4. The highest BCUT2D eigenvalue weighted by atomic mass is 32.2. The lowest BCUT2D eigenvalue weighted by Crippen LogP contribution is -2.01. The van der Waals surface area contributed by atoms with Crippen LogP contribution in [0.3, 0.4) is 0 Å². The Morgan fingerprint density at radius 1 is 1.00 bits per heavy atom. The van der Waals surface area contributed by atoms with Crippen LogP contribution in [0.5, 0.6) is 0 Å². The second-order valence-corrected chi connectivity index (χ2v) is 6.18. The van der Waals surface area contributed by atoms with E-state index in [4.69, 9.17) is 9.66 Å². The van der Waals surface area contributed by atoms with E-state index in [1.807, 2.05) is 0 Å². The maximum Gasteiger partial charge on any atom is 0.335 e. The number of carboxylic acid groups (broad SMARTS) is 1. The Hall–Kier alpha value is -3.11. The number of hydrogen-bond donors (Lipinski definition) is 2. The minimum Gasteiger partial charge on any atom is -0.478 e. The van der Waals surface area contributed by atoms with Gasteiger partial charge in [-0.1, -0.05) is 12.1 Å². The Morgan fingerprint density at radius 2 is 1.62 bits per heavy atom. The first kappa shape index (κ1) is 15.8. The zero-order valence-corrected chi connectivity index (χ0v) is 12.8.